The molecule has 13 nitrogen and oxygen atoms in total. The quantitative estimate of drug-likeness (QED) is 0.0177. The first-order valence-electron chi connectivity index (χ1n) is 35.2. The first-order valence-corrected chi connectivity index (χ1v) is 36.7. The normalized spacial score (nSPS) is 30.7. The molecule has 502 valence electrons. The molecule has 2 saturated carbocycles. The number of phenolic OH excluding ortho intramolecular Hbond substituents is 1. The van der Waals surface area contributed by atoms with Gasteiger partial charge in [0.15, 0.2) is 5.96 Å². The van der Waals surface area contributed by atoms with Crippen LogP contribution in [0.25, 0.3) is 10.8 Å². The number of hydrogen-bond donors (Lipinski definition) is 8. The van der Waals surface area contributed by atoms with Crippen molar-refractivity contribution in [3.05, 3.63) is 225 Å². The monoisotopic (exact) mass is 1310 g/mol. The molecule has 7 aromatic carbocycles. The smallest absolute Gasteiger partial charge is 0.268 e. The summed E-state index contributed by atoms with van der Waals surface area (Å²) in [6, 6.07) is 50.4. The van der Waals surface area contributed by atoms with E-state index in [4.69, 9.17) is 25.9 Å². The number of aliphatic hydroxyl groups excluding tert-OH is 3. The van der Waals surface area contributed by atoms with Crippen molar-refractivity contribution in [2.24, 2.45) is 63.8 Å². The van der Waals surface area contributed by atoms with Crippen molar-refractivity contribution < 1.29 is 48.0 Å². The van der Waals surface area contributed by atoms with Gasteiger partial charge in [-0.3, -0.25) is 4.55 Å². The van der Waals surface area contributed by atoms with Gasteiger partial charge < -0.3 is 46.5 Å². The molecule has 0 amide bonds. The molecule has 17 atom stereocenters. The Labute approximate surface area is 565 Å². The Bertz CT molecular complexity index is 4240. The third-order valence-electron chi connectivity index (χ3n) is 23.7. The van der Waals surface area contributed by atoms with E-state index >= 15 is 0 Å². The molecule has 5 heterocycles. The predicted octanol–water partition coefficient (Wildman–Crippen LogP) is 14.2. The lowest BCUT2D eigenvalue weighted by Crippen LogP contribution is -2.60. The van der Waals surface area contributed by atoms with Gasteiger partial charge >= 0.3 is 0 Å². The van der Waals surface area contributed by atoms with E-state index in [2.05, 4.69) is 105 Å². The zero-order chi connectivity index (χ0) is 66.8. The zero-order valence-electron chi connectivity index (χ0n) is 55.4. The summed E-state index contributed by atoms with van der Waals surface area (Å²) in [5, 5.41) is 60.4. The number of nitrogens with zero attached hydrogens (tertiary/aromatic N) is 1. The van der Waals surface area contributed by atoms with Crippen LogP contribution in [0.3, 0.4) is 0 Å². The number of rotatable bonds is 13. The highest BCUT2D eigenvalue weighted by Gasteiger charge is 2.60. The van der Waals surface area contributed by atoms with Crippen LogP contribution in [0.1, 0.15) is 195 Å². The molecule has 16 rings (SSSR count). The average molecular weight is 1310 g/mol. The van der Waals surface area contributed by atoms with Crippen molar-refractivity contribution in [2.45, 2.75) is 176 Å². The third-order valence-corrected chi connectivity index (χ3v) is 25.0. The summed E-state index contributed by atoms with van der Waals surface area (Å²) in [6.07, 6.45) is 8.26. The number of aromatic hydroxyl groups is 1. The Morgan fingerprint density at radius 1 is 0.802 bits per heavy atom. The number of nitrogens with two attached hydrogens (primary N) is 2. The first-order chi connectivity index (χ1) is 46.2. The van der Waals surface area contributed by atoms with Gasteiger partial charge in [-0.1, -0.05) is 166 Å². The van der Waals surface area contributed by atoms with Gasteiger partial charge in [-0.2, -0.15) is 8.42 Å². The van der Waals surface area contributed by atoms with Crippen LogP contribution in [0.5, 0.6) is 11.5 Å². The van der Waals surface area contributed by atoms with Crippen molar-refractivity contribution in [3.8, 4) is 23.3 Å². The van der Waals surface area contributed by atoms with Crippen LogP contribution in [-0.4, -0.2) is 68.0 Å². The highest BCUT2D eigenvalue weighted by atomic mass is 32.2. The maximum atomic E-state index is 14.6. The molecule has 4 aliphatic carbocycles. The summed E-state index contributed by atoms with van der Waals surface area (Å²) in [4.78, 5) is 5.38. The molecule has 0 unspecified atom stereocenters. The number of fused-ring (bicyclic) bond motifs is 10. The molecule has 9 aliphatic rings. The molecule has 0 spiro atoms. The Balaban J connectivity index is 0.870. The van der Waals surface area contributed by atoms with Crippen molar-refractivity contribution in [1.82, 2.24) is 0 Å². The topological polar surface area (TPSA) is 238 Å². The predicted molar refractivity (Wildman–Crippen MR) is 375 cm³/mol. The van der Waals surface area contributed by atoms with Crippen LogP contribution < -0.4 is 16.2 Å². The Morgan fingerprint density at radius 2 is 1.55 bits per heavy atom. The fourth-order valence-electron chi connectivity index (χ4n) is 19.1. The summed E-state index contributed by atoms with van der Waals surface area (Å²) >= 11 is 0. The van der Waals surface area contributed by atoms with E-state index in [-0.39, 0.29) is 72.3 Å². The molecular weight excluding hydrogens is 1220 g/mol. The lowest BCUT2D eigenvalue weighted by molar-refractivity contribution is -0.177. The Kier molecular flexibility index (Phi) is 18.4. The van der Waals surface area contributed by atoms with Gasteiger partial charge in [0.2, 0.25) is 5.72 Å². The molecule has 3 fully saturated rings. The zero-order valence-corrected chi connectivity index (χ0v) is 56.2. The van der Waals surface area contributed by atoms with Crippen LogP contribution in [-0.2, 0) is 39.8 Å². The molecule has 10 N–H and O–H groups in total. The van der Waals surface area contributed by atoms with Crippen molar-refractivity contribution in [2.75, 3.05) is 6.61 Å². The summed E-state index contributed by atoms with van der Waals surface area (Å²) in [6.45, 7) is 6.31. The van der Waals surface area contributed by atoms with Gasteiger partial charge in [-0.05, 0) is 216 Å². The minimum atomic E-state index is -4.74. The second-order valence-corrected chi connectivity index (χ2v) is 31.6. The summed E-state index contributed by atoms with van der Waals surface area (Å²) in [5.41, 5.74) is 21.3. The number of phenols is 1. The van der Waals surface area contributed by atoms with E-state index in [1.165, 1.54) is 0 Å². The molecule has 5 aliphatic heterocycles. The number of benzene rings is 7. The minimum absolute atomic E-state index is 0.0273. The number of hydrogen-bond acceptors (Lipinski definition) is 10. The summed E-state index contributed by atoms with van der Waals surface area (Å²) in [7, 11) is -4.74. The van der Waals surface area contributed by atoms with Gasteiger partial charge in [0.05, 0.1) is 29.2 Å². The molecular formula is C82H93N3O10S. The van der Waals surface area contributed by atoms with E-state index in [0.717, 1.165) is 85.7 Å². The number of allylic oxidation sites excluding steroid dienone is 1. The van der Waals surface area contributed by atoms with E-state index < -0.39 is 68.7 Å². The van der Waals surface area contributed by atoms with E-state index in [1.807, 2.05) is 72.8 Å². The van der Waals surface area contributed by atoms with Gasteiger partial charge in [0.25, 0.3) is 10.1 Å². The highest BCUT2D eigenvalue weighted by Crippen LogP contribution is 2.60. The summed E-state index contributed by atoms with van der Waals surface area (Å²) in [5.74, 6) is 4.59. The van der Waals surface area contributed by atoms with E-state index in [9.17, 15) is 38.5 Å². The maximum Gasteiger partial charge on any atom is 0.268 e. The minimum Gasteiger partial charge on any atom is -0.508 e. The van der Waals surface area contributed by atoms with Crippen molar-refractivity contribution in [3.63, 3.8) is 0 Å². The SMILES string of the molecule is CC(C)C[C@H](O)c1ccc2ccccc2c1C[C@H](O)c1ccc([C@@H]2CC[C@@H]3CC[C@@H]([C@@]4(N=C(N)N)Oc5ccc6c(c5)CC[C@@H](C)[C@@H]6C[C@@H](S(=O)(=O)O)[C@H]5C=C6C[C@H](C[C@H]7C[C@@H](CO)CC#Cc8cc(O)ccc8[C@@H]6O7)[C@@H]5c5ccc4cc5)[C@@H](Cc4ccccc4)[C@]3(O)C2)cc1. The molecule has 14 heteroatoms. The number of aliphatic hydroxyl groups is 4. The Hall–Kier alpha value is -7.32. The molecule has 0 aromatic heterocycles. The number of aliphatic imine (C=N–C) groups is 1. The molecule has 10 bridgehead atoms. The fraction of sp³-hybridized carbons (Fsp3) is 0.451. The first kappa shape index (κ1) is 65.9. The van der Waals surface area contributed by atoms with Crippen LogP contribution in [0.2, 0.25) is 0 Å². The van der Waals surface area contributed by atoms with Gasteiger partial charge in [-0.15, -0.1) is 0 Å². The second kappa shape index (κ2) is 26.8. The van der Waals surface area contributed by atoms with Gasteiger partial charge in [0.1, 0.15) is 17.6 Å². The van der Waals surface area contributed by atoms with E-state index in [1.54, 1.807) is 12.1 Å². The molecule has 96 heavy (non-hydrogen) atoms. The van der Waals surface area contributed by atoms with Crippen molar-refractivity contribution in [1.29, 1.82) is 0 Å². The van der Waals surface area contributed by atoms with Gasteiger partial charge in [0, 0.05) is 53.9 Å². The van der Waals surface area contributed by atoms with Crippen LogP contribution >= 0.6 is 0 Å². The van der Waals surface area contributed by atoms with Gasteiger partial charge in [-0.25, -0.2) is 4.99 Å². The molecule has 1 saturated heterocycles. The van der Waals surface area contributed by atoms with Crippen molar-refractivity contribution >= 4 is 26.9 Å². The van der Waals surface area contributed by atoms with E-state index in [0.29, 0.717) is 87.5 Å². The van der Waals surface area contributed by atoms with Crippen LogP contribution in [0.15, 0.2) is 168 Å². The van der Waals surface area contributed by atoms with Crippen LogP contribution in [0, 0.1) is 59.2 Å². The molecule has 7 aromatic rings. The number of guanidine groups is 1. The molecule has 0 radical (unpaired) electrons. The highest BCUT2D eigenvalue weighted by molar-refractivity contribution is 7.86. The number of aryl methyl sites for hydroxylation is 1. The fourth-order valence-corrected chi connectivity index (χ4v) is 20.2. The number of ether oxygens (including phenoxy) is 2. The maximum absolute atomic E-state index is 14.6. The largest absolute Gasteiger partial charge is 0.508 e. The Morgan fingerprint density at radius 3 is 2.31 bits per heavy atom. The second-order valence-electron chi connectivity index (χ2n) is 30.0. The van der Waals surface area contributed by atoms with Crippen LogP contribution in [0.4, 0.5) is 0 Å². The lowest BCUT2D eigenvalue weighted by Gasteiger charge is -2.57. The standard InChI is InChI=1S/C82H93N3O10S/c1-48(2)36-76(89)69-32-25-53-13-7-8-15-66(53)71(69)44-75(88)54-20-18-52(19-21-54)58-24-26-61-29-35-73(74(81(61,90)46-58)38-50-10-5-4-6-11-50)82(85-80(83)84)62-27-22-55(23-28-62)78-59-39-60(79-68-33-30-63(87)40-56(68)14-9-12-51(47-86)37-65(42-59)94-79)43-72(78)77(96(91,92)93)45-70-49(3)16-17-57-41-64(95-82)31-34-67(57)70/h4-8,10-11,13,15,18-23,25,27-28,30-34,40-41,43,48-49,51,58-59,61,65,70,72-79,86-90H,12,16-17,24,26,29,35-39,42,44-47H2,1-3H3,(H4,83,84,85)(H,91,92,93)/t49-,51+,58-,59-,61-,65-,70+,72-,73-,74-,75+,76+,77-,78+,79-,81+,82+/m1/s1. The summed E-state index contributed by atoms with van der Waals surface area (Å²) < 4.78 is 56.1. The average Bonchev–Trinajstić information content (AvgIpc) is 0.890. The lowest BCUT2D eigenvalue weighted by atomic mass is 9.53. The third kappa shape index (κ3) is 12.8.